The monoisotopic (exact) mass is 803 g/mol. The van der Waals surface area contributed by atoms with E-state index in [9.17, 15) is 24.3 Å². The van der Waals surface area contributed by atoms with Crippen molar-refractivity contribution >= 4 is 24.0 Å². The predicted molar refractivity (Wildman–Crippen MR) is 218 cm³/mol. The highest BCUT2D eigenvalue weighted by Gasteiger charge is 2.40. The number of alkyl carbamates (subject to hydrolysis) is 1. The van der Waals surface area contributed by atoms with Crippen LogP contribution in [0.2, 0.25) is 0 Å². The maximum absolute atomic E-state index is 13.9. The van der Waals surface area contributed by atoms with Crippen LogP contribution in [0.25, 0.3) is 33.6 Å². The number of nitrogens with zero attached hydrogens (tertiary/aromatic N) is 6. The van der Waals surface area contributed by atoms with Crippen LogP contribution in [0.5, 0.6) is 0 Å². The van der Waals surface area contributed by atoms with Gasteiger partial charge < -0.3 is 39.7 Å². The lowest BCUT2D eigenvalue weighted by Crippen LogP contribution is -2.54. The van der Waals surface area contributed by atoms with E-state index in [1.54, 1.807) is 47.6 Å². The summed E-state index contributed by atoms with van der Waals surface area (Å²) in [5.74, 6) is 0.831. The van der Waals surface area contributed by atoms with E-state index in [-0.39, 0.29) is 30.3 Å². The van der Waals surface area contributed by atoms with Gasteiger partial charge in [0.15, 0.2) is 0 Å². The number of aromatic nitrogens is 5. The third-order valence-electron chi connectivity index (χ3n) is 11.4. The summed E-state index contributed by atoms with van der Waals surface area (Å²) < 4.78 is 10.1. The number of nitrogens with one attached hydrogen (secondary N) is 3. The van der Waals surface area contributed by atoms with Gasteiger partial charge in [0.1, 0.15) is 23.7 Å². The van der Waals surface area contributed by atoms with Crippen molar-refractivity contribution in [3.8, 4) is 33.6 Å². The molecule has 5 aromatic rings. The molecular weight excluding hydrogens is 755 g/mol. The van der Waals surface area contributed by atoms with Crippen LogP contribution in [0.15, 0.2) is 85.5 Å². The lowest BCUT2D eigenvalue weighted by atomic mass is 10.0. The molecule has 4 amide bonds. The Hall–Kier alpha value is -6.55. The van der Waals surface area contributed by atoms with E-state index in [2.05, 4.69) is 42.4 Å². The number of likely N-dealkylation sites (tertiary alicyclic amines) is 2. The van der Waals surface area contributed by atoms with Gasteiger partial charge in [-0.3, -0.25) is 19.5 Å². The first-order valence-electron chi connectivity index (χ1n) is 19.7. The Morgan fingerprint density at radius 2 is 1.34 bits per heavy atom. The summed E-state index contributed by atoms with van der Waals surface area (Å²) >= 11 is 0. The fraction of sp³-hybridized carbons (Fsp3) is 0.372. The highest BCUT2D eigenvalue weighted by atomic mass is 16.5. The van der Waals surface area contributed by atoms with Crippen molar-refractivity contribution in [2.75, 3.05) is 34.4 Å². The molecule has 16 nitrogen and oxygen atoms in total. The van der Waals surface area contributed by atoms with E-state index in [4.69, 9.17) is 9.47 Å². The van der Waals surface area contributed by atoms with E-state index in [1.807, 2.05) is 42.5 Å². The normalized spacial score (nSPS) is 18.0. The molecule has 16 heteroatoms. The summed E-state index contributed by atoms with van der Waals surface area (Å²) in [4.78, 5) is 76.4. The maximum Gasteiger partial charge on any atom is 0.407 e. The molecule has 0 aliphatic carbocycles. The zero-order chi connectivity index (χ0) is 41.6. The zero-order valence-corrected chi connectivity index (χ0v) is 33.5. The van der Waals surface area contributed by atoms with Crippen LogP contribution in [0.4, 0.5) is 9.59 Å². The van der Waals surface area contributed by atoms with Crippen LogP contribution in [0.1, 0.15) is 61.9 Å². The first-order chi connectivity index (χ1) is 28.6. The Kier molecular flexibility index (Phi) is 12.4. The van der Waals surface area contributed by atoms with Crippen molar-refractivity contribution in [3.05, 3.63) is 103 Å². The number of amides is 4. The Balaban J connectivity index is 1.01. The van der Waals surface area contributed by atoms with Gasteiger partial charge in [0.05, 0.1) is 49.1 Å². The number of methoxy groups -OCH3 is 2. The molecule has 308 valence electrons. The summed E-state index contributed by atoms with van der Waals surface area (Å²) in [5.41, 5.74) is 6.36. The van der Waals surface area contributed by atoms with Gasteiger partial charge in [0.2, 0.25) is 11.8 Å². The molecule has 2 aromatic carbocycles. The third-order valence-corrected chi connectivity index (χ3v) is 11.4. The number of ether oxygens (including phenoxy) is 2. The van der Waals surface area contributed by atoms with E-state index in [1.165, 1.54) is 21.3 Å². The summed E-state index contributed by atoms with van der Waals surface area (Å²) in [6.07, 6.45) is 7.67. The summed E-state index contributed by atoms with van der Waals surface area (Å²) in [7, 11) is 4.17. The topological polar surface area (TPSA) is 199 Å². The molecule has 2 saturated heterocycles. The number of H-pyrrole nitrogens is 2. The minimum absolute atomic E-state index is 0.222. The number of aromatic amines is 2. The number of carbonyl (C=O) groups is 4. The average molecular weight is 804 g/mol. The molecule has 7 rings (SSSR count). The summed E-state index contributed by atoms with van der Waals surface area (Å²) in [5, 5.41) is 12.4. The molecule has 0 radical (unpaired) electrons. The number of carbonyl (C=O) groups excluding carboxylic acids is 3. The SMILES string of the molecule is COC(=O)N[C@H](C(=O)N1CCC[C@H]1c1ncc(-c2ccc(-c3ccc(-c4cnc([C@@H]5CCCN5C(=O)[C@H](Cc5cccnc5)N(C)C(=O)O)[nH]4)cc3)cc2)[nH]1)[C@@H](C)OC. The van der Waals surface area contributed by atoms with Gasteiger partial charge in [-0.15, -0.1) is 0 Å². The number of pyridine rings is 1. The van der Waals surface area contributed by atoms with Crippen molar-refractivity contribution < 1.29 is 33.8 Å². The quantitative estimate of drug-likeness (QED) is 0.112. The molecule has 59 heavy (non-hydrogen) atoms. The maximum atomic E-state index is 13.9. The number of rotatable bonds is 13. The fourth-order valence-corrected chi connectivity index (χ4v) is 7.96. The number of hydrogen-bond acceptors (Lipinski definition) is 9. The van der Waals surface area contributed by atoms with Crippen LogP contribution in [0.3, 0.4) is 0 Å². The molecule has 0 spiro atoms. The highest BCUT2D eigenvalue weighted by Crippen LogP contribution is 2.35. The van der Waals surface area contributed by atoms with Crippen LogP contribution >= 0.6 is 0 Å². The van der Waals surface area contributed by atoms with Gasteiger partial charge in [0.25, 0.3) is 0 Å². The standard InChI is InChI=1S/C43H49N9O7/c1-26(58-3)37(49-42(55)59-4)41(54)52-21-7-10-35(52)39-46-25-33(48-39)31-17-13-29(14-18-31)28-11-15-30(16-12-28)32-24-45-38(47-32)34-9-6-20-51(34)40(53)36(50(2)43(56)57)22-27-8-5-19-44-23-27/h5,8,11-19,23-26,34-37H,6-7,9-10,20-22H2,1-4H3,(H,45,47)(H,46,48)(H,49,55)(H,56,57)/t26-,34+,35+,36+,37+/m1/s1. The smallest absolute Gasteiger partial charge is 0.407 e. The fourth-order valence-electron chi connectivity index (χ4n) is 7.96. The lowest BCUT2D eigenvalue weighted by Gasteiger charge is -2.31. The molecule has 0 bridgehead atoms. The van der Waals surface area contributed by atoms with Gasteiger partial charge in [-0.1, -0.05) is 54.6 Å². The molecular formula is C43H49N9O7. The predicted octanol–water partition coefficient (Wildman–Crippen LogP) is 5.84. The number of imidazole rings is 2. The van der Waals surface area contributed by atoms with E-state index in [0.717, 1.165) is 63.4 Å². The highest BCUT2D eigenvalue weighted by molar-refractivity contribution is 5.87. The summed E-state index contributed by atoms with van der Waals surface area (Å²) in [6.45, 7) is 2.78. The van der Waals surface area contributed by atoms with E-state index in [0.29, 0.717) is 31.2 Å². The van der Waals surface area contributed by atoms with Crippen molar-refractivity contribution in [2.45, 2.75) is 69.3 Å². The minimum Gasteiger partial charge on any atom is -0.465 e. The zero-order valence-electron chi connectivity index (χ0n) is 33.5. The average Bonchev–Trinajstić information content (AvgIpc) is 4.11. The number of carboxylic acid groups (broad SMARTS) is 1. The Labute approximate surface area is 342 Å². The minimum atomic E-state index is -1.17. The lowest BCUT2D eigenvalue weighted by molar-refractivity contribution is -0.138. The molecule has 2 fully saturated rings. The van der Waals surface area contributed by atoms with Gasteiger partial charge in [-0.25, -0.2) is 19.6 Å². The molecule has 5 atom stereocenters. The first-order valence-corrected chi connectivity index (χ1v) is 19.7. The molecule has 3 aromatic heterocycles. The molecule has 2 aliphatic rings. The van der Waals surface area contributed by atoms with Crippen LogP contribution < -0.4 is 5.32 Å². The molecule has 5 heterocycles. The second kappa shape index (κ2) is 17.9. The second-order valence-corrected chi connectivity index (χ2v) is 14.9. The van der Waals surface area contributed by atoms with Gasteiger partial charge in [-0.2, -0.15) is 0 Å². The Morgan fingerprint density at radius 3 is 1.81 bits per heavy atom. The van der Waals surface area contributed by atoms with Crippen LogP contribution in [0, 0.1) is 0 Å². The third kappa shape index (κ3) is 8.82. The van der Waals surface area contributed by atoms with Gasteiger partial charge in [0, 0.05) is 46.1 Å². The molecule has 0 saturated carbocycles. The van der Waals surface area contributed by atoms with Gasteiger partial charge in [-0.05, 0) is 66.5 Å². The number of likely N-dealkylation sites (N-methyl/N-ethyl adjacent to an activating group) is 1. The first kappa shape index (κ1) is 40.6. The Morgan fingerprint density at radius 1 is 0.814 bits per heavy atom. The molecule has 2 aliphatic heterocycles. The van der Waals surface area contributed by atoms with E-state index < -0.39 is 30.4 Å². The number of benzene rings is 2. The molecule has 4 N–H and O–H groups in total. The second-order valence-electron chi connectivity index (χ2n) is 14.9. The van der Waals surface area contributed by atoms with Crippen molar-refractivity contribution in [2.24, 2.45) is 0 Å². The number of hydrogen-bond donors (Lipinski definition) is 4. The van der Waals surface area contributed by atoms with Gasteiger partial charge >= 0.3 is 12.2 Å². The van der Waals surface area contributed by atoms with Crippen molar-refractivity contribution in [1.29, 1.82) is 0 Å². The Bertz CT molecular complexity index is 2240. The van der Waals surface area contributed by atoms with Crippen molar-refractivity contribution in [3.63, 3.8) is 0 Å². The summed E-state index contributed by atoms with van der Waals surface area (Å²) in [6, 6.07) is 17.6. The van der Waals surface area contributed by atoms with Crippen LogP contribution in [-0.2, 0) is 25.5 Å². The van der Waals surface area contributed by atoms with Crippen molar-refractivity contribution in [1.82, 2.24) is 44.9 Å². The van der Waals surface area contributed by atoms with E-state index >= 15 is 0 Å². The molecule has 0 unspecified atom stereocenters. The van der Waals surface area contributed by atoms with Crippen LogP contribution in [-0.4, -0.2) is 121 Å². The largest absolute Gasteiger partial charge is 0.465 e.